The Balaban J connectivity index is 2.05. The summed E-state index contributed by atoms with van der Waals surface area (Å²) in [6.07, 6.45) is 0.587. The van der Waals surface area contributed by atoms with Crippen molar-refractivity contribution in [1.29, 1.82) is 0 Å². The maximum atomic E-state index is 12.3. The summed E-state index contributed by atoms with van der Waals surface area (Å²) in [6.45, 7) is 1.97. The van der Waals surface area contributed by atoms with Crippen molar-refractivity contribution >= 4 is 24.2 Å². The highest BCUT2D eigenvalue weighted by molar-refractivity contribution is 7.81. The molecule has 0 aliphatic heterocycles. The van der Waals surface area contributed by atoms with E-state index in [1.165, 1.54) is 0 Å². The molecule has 0 heterocycles. The number of ether oxygens (including phenoxy) is 1. The standard InChI is InChI=1S/C17H19NO2S/c1-12-8-9-15(20-2)14(10-12)18-17(19)16(21)11-13-6-4-3-5-7-13/h3-10,16,21H,11H2,1-2H3,(H,18,19). The van der Waals surface area contributed by atoms with Crippen LogP contribution in [0.2, 0.25) is 0 Å². The first-order valence-electron chi connectivity index (χ1n) is 6.77. The summed E-state index contributed by atoms with van der Waals surface area (Å²) in [5.41, 5.74) is 2.82. The monoisotopic (exact) mass is 301 g/mol. The molecule has 2 aromatic carbocycles. The SMILES string of the molecule is COc1ccc(C)cc1NC(=O)C(S)Cc1ccccc1. The van der Waals surface area contributed by atoms with Gasteiger partial charge in [0, 0.05) is 0 Å². The summed E-state index contributed by atoms with van der Waals surface area (Å²) >= 11 is 4.40. The minimum atomic E-state index is -0.405. The van der Waals surface area contributed by atoms with Crippen LogP contribution in [0.15, 0.2) is 48.5 Å². The van der Waals surface area contributed by atoms with Gasteiger partial charge in [-0.1, -0.05) is 36.4 Å². The van der Waals surface area contributed by atoms with Gasteiger partial charge in [-0.05, 0) is 36.6 Å². The summed E-state index contributed by atoms with van der Waals surface area (Å²) < 4.78 is 5.26. The van der Waals surface area contributed by atoms with Crippen LogP contribution in [0.1, 0.15) is 11.1 Å². The molecule has 3 nitrogen and oxygen atoms in total. The molecular formula is C17H19NO2S. The summed E-state index contributed by atoms with van der Waals surface area (Å²) in [6, 6.07) is 15.5. The zero-order valence-corrected chi connectivity index (χ0v) is 13.1. The predicted molar refractivity (Wildman–Crippen MR) is 89.3 cm³/mol. The van der Waals surface area contributed by atoms with Crippen LogP contribution in [-0.2, 0) is 11.2 Å². The Labute approximate surface area is 130 Å². The lowest BCUT2D eigenvalue weighted by atomic mass is 10.1. The predicted octanol–water partition coefficient (Wildman–Crippen LogP) is 3.48. The molecular weight excluding hydrogens is 282 g/mol. The minimum Gasteiger partial charge on any atom is -0.495 e. The summed E-state index contributed by atoms with van der Waals surface area (Å²) in [7, 11) is 1.59. The van der Waals surface area contributed by atoms with E-state index in [4.69, 9.17) is 4.74 Å². The second-order valence-electron chi connectivity index (χ2n) is 4.90. The minimum absolute atomic E-state index is 0.133. The molecule has 0 bridgehead atoms. The highest BCUT2D eigenvalue weighted by Gasteiger charge is 2.16. The van der Waals surface area contributed by atoms with Crippen LogP contribution < -0.4 is 10.1 Å². The van der Waals surface area contributed by atoms with Crippen molar-refractivity contribution in [3.8, 4) is 5.75 Å². The molecule has 21 heavy (non-hydrogen) atoms. The molecule has 1 atom stereocenters. The normalized spacial score (nSPS) is 11.8. The molecule has 2 rings (SSSR count). The third kappa shape index (κ3) is 4.26. The highest BCUT2D eigenvalue weighted by atomic mass is 32.1. The lowest BCUT2D eigenvalue weighted by molar-refractivity contribution is -0.115. The molecule has 0 aliphatic carbocycles. The molecule has 0 saturated heterocycles. The van der Waals surface area contributed by atoms with Crippen LogP contribution in [-0.4, -0.2) is 18.3 Å². The van der Waals surface area contributed by atoms with Crippen LogP contribution in [0.25, 0.3) is 0 Å². The van der Waals surface area contributed by atoms with Crippen molar-refractivity contribution in [2.45, 2.75) is 18.6 Å². The third-order valence-corrected chi connectivity index (χ3v) is 3.60. The Morgan fingerprint density at radius 2 is 1.95 bits per heavy atom. The Hall–Kier alpha value is -1.94. The van der Waals surface area contributed by atoms with E-state index in [9.17, 15) is 4.79 Å². The van der Waals surface area contributed by atoms with Gasteiger partial charge in [0.25, 0.3) is 0 Å². The number of rotatable bonds is 5. The van der Waals surface area contributed by atoms with Crippen molar-refractivity contribution in [3.63, 3.8) is 0 Å². The van der Waals surface area contributed by atoms with Crippen LogP contribution in [0.3, 0.4) is 0 Å². The lowest BCUT2D eigenvalue weighted by Crippen LogP contribution is -2.25. The van der Waals surface area contributed by atoms with Gasteiger partial charge in [0.15, 0.2) is 0 Å². The van der Waals surface area contributed by atoms with Crippen molar-refractivity contribution in [3.05, 3.63) is 59.7 Å². The van der Waals surface area contributed by atoms with E-state index in [1.807, 2.05) is 55.5 Å². The van der Waals surface area contributed by atoms with Crippen molar-refractivity contribution < 1.29 is 9.53 Å². The maximum Gasteiger partial charge on any atom is 0.237 e. The van der Waals surface area contributed by atoms with Crippen molar-refractivity contribution in [2.24, 2.45) is 0 Å². The lowest BCUT2D eigenvalue weighted by Gasteiger charge is -2.14. The Morgan fingerprint density at radius 3 is 2.62 bits per heavy atom. The summed E-state index contributed by atoms with van der Waals surface area (Å²) in [5, 5.41) is 2.48. The van der Waals surface area contributed by atoms with Crippen LogP contribution in [0.5, 0.6) is 5.75 Å². The average molecular weight is 301 g/mol. The first kappa shape index (κ1) is 15.4. The number of carbonyl (C=O) groups excluding carboxylic acids is 1. The first-order chi connectivity index (χ1) is 10.1. The molecule has 0 aliphatic rings. The maximum absolute atomic E-state index is 12.3. The number of benzene rings is 2. The van der Waals surface area contributed by atoms with Gasteiger partial charge in [-0.2, -0.15) is 12.6 Å². The summed E-state index contributed by atoms with van der Waals surface area (Å²) in [4.78, 5) is 12.3. The van der Waals surface area contributed by atoms with Crippen LogP contribution in [0.4, 0.5) is 5.69 Å². The molecule has 4 heteroatoms. The highest BCUT2D eigenvalue weighted by Crippen LogP contribution is 2.25. The zero-order chi connectivity index (χ0) is 15.2. The molecule has 0 fully saturated rings. The molecule has 1 unspecified atom stereocenters. The van der Waals surface area contributed by atoms with E-state index in [-0.39, 0.29) is 5.91 Å². The topological polar surface area (TPSA) is 38.3 Å². The van der Waals surface area contributed by atoms with Gasteiger partial charge in [0.1, 0.15) is 5.75 Å². The Kier molecular flexibility index (Phi) is 5.28. The van der Waals surface area contributed by atoms with Gasteiger partial charge in [-0.25, -0.2) is 0 Å². The molecule has 2 aromatic rings. The number of thiol groups is 1. The Bertz CT molecular complexity index is 613. The van der Waals surface area contributed by atoms with Crippen molar-refractivity contribution in [1.82, 2.24) is 0 Å². The number of anilines is 1. The second-order valence-corrected chi connectivity index (χ2v) is 5.52. The fourth-order valence-corrected chi connectivity index (χ4v) is 2.34. The fourth-order valence-electron chi connectivity index (χ4n) is 2.07. The number of methoxy groups -OCH3 is 1. The fraction of sp³-hybridized carbons (Fsp3) is 0.235. The van der Waals surface area contributed by atoms with E-state index in [0.717, 1.165) is 11.1 Å². The van der Waals surface area contributed by atoms with Crippen LogP contribution >= 0.6 is 12.6 Å². The number of nitrogens with one attached hydrogen (secondary N) is 1. The molecule has 0 aromatic heterocycles. The van der Waals surface area contributed by atoms with E-state index < -0.39 is 5.25 Å². The van der Waals surface area contributed by atoms with E-state index in [1.54, 1.807) is 7.11 Å². The first-order valence-corrected chi connectivity index (χ1v) is 7.29. The number of amides is 1. The van der Waals surface area contributed by atoms with Gasteiger partial charge in [0.2, 0.25) is 5.91 Å². The number of hydrogen-bond acceptors (Lipinski definition) is 3. The molecule has 1 N–H and O–H groups in total. The van der Waals surface area contributed by atoms with Gasteiger partial charge >= 0.3 is 0 Å². The van der Waals surface area contributed by atoms with E-state index in [2.05, 4.69) is 17.9 Å². The largest absolute Gasteiger partial charge is 0.495 e. The van der Waals surface area contributed by atoms with Crippen LogP contribution in [0, 0.1) is 6.92 Å². The summed E-state index contributed by atoms with van der Waals surface area (Å²) in [5.74, 6) is 0.514. The molecule has 0 spiro atoms. The van der Waals surface area contributed by atoms with E-state index in [0.29, 0.717) is 17.9 Å². The van der Waals surface area contributed by atoms with Gasteiger partial charge < -0.3 is 10.1 Å². The van der Waals surface area contributed by atoms with Crippen molar-refractivity contribution in [2.75, 3.05) is 12.4 Å². The van der Waals surface area contributed by atoms with Gasteiger partial charge in [0.05, 0.1) is 18.0 Å². The zero-order valence-electron chi connectivity index (χ0n) is 12.2. The Morgan fingerprint density at radius 1 is 1.24 bits per heavy atom. The van der Waals surface area contributed by atoms with E-state index >= 15 is 0 Å². The van der Waals surface area contributed by atoms with Gasteiger partial charge in [-0.3, -0.25) is 4.79 Å². The molecule has 1 amide bonds. The molecule has 0 saturated carbocycles. The second kappa shape index (κ2) is 7.18. The quantitative estimate of drug-likeness (QED) is 0.830. The van der Waals surface area contributed by atoms with Gasteiger partial charge in [-0.15, -0.1) is 0 Å². The number of carbonyl (C=O) groups is 1. The molecule has 0 radical (unpaired) electrons. The number of hydrogen-bond donors (Lipinski definition) is 2. The number of aryl methyl sites for hydroxylation is 1. The average Bonchev–Trinajstić information content (AvgIpc) is 2.48. The molecule has 110 valence electrons. The smallest absolute Gasteiger partial charge is 0.237 e. The third-order valence-electron chi connectivity index (χ3n) is 3.19.